The van der Waals surface area contributed by atoms with Crippen LogP contribution in [0.4, 0.5) is 0 Å². The Morgan fingerprint density at radius 3 is 1.92 bits per heavy atom. The molecule has 0 aromatic heterocycles. The van der Waals surface area contributed by atoms with E-state index in [1.807, 2.05) is 0 Å². The van der Waals surface area contributed by atoms with Crippen LogP contribution in [-0.4, -0.2) is 10.2 Å². The fraction of sp³-hybridized carbons (Fsp3) is 0.143. The monoisotopic (exact) mass is 395 g/mol. The summed E-state index contributed by atoms with van der Waals surface area (Å²) in [4.78, 5) is 0. The molecule has 0 saturated heterocycles. The SMILES string of the molecule is [Cu].[SiH2]c1cccc2c1C([PH+](c1ccccc1)c1ccccc1)CC2. The first kappa shape index (κ1) is 17.6. The number of aryl methyl sites for hydroxylation is 1. The molecule has 0 heterocycles. The Hall–Kier alpha value is -1.17. The Bertz CT molecular complexity index is 765. The normalized spacial score (nSPS) is 15.8. The summed E-state index contributed by atoms with van der Waals surface area (Å²) in [5.74, 6) is 0. The topological polar surface area (TPSA) is 0 Å². The Morgan fingerprint density at radius 1 is 0.750 bits per heavy atom. The van der Waals surface area contributed by atoms with Gasteiger partial charge in [0.05, 0.1) is 18.5 Å². The minimum absolute atomic E-state index is 0. The van der Waals surface area contributed by atoms with Gasteiger partial charge in [-0.05, 0) is 48.2 Å². The summed E-state index contributed by atoms with van der Waals surface area (Å²) in [6, 6.07) is 29.2. The third-order valence-electron chi connectivity index (χ3n) is 4.86. The van der Waals surface area contributed by atoms with Crippen LogP contribution in [0.5, 0.6) is 0 Å². The Kier molecular flexibility index (Phi) is 5.74. The molecule has 3 aromatic rings. The molecule has 0 saturated carbocycles. The standard InChI is InChI=1S/C21H20PSi.Cu/c23-20-13-7-8-16-14-15-19(21(16)20)22(17-9-3-1-4-10-17)18-11-5-2-6-12-18;/h1-13,19H,14-15,23H2;/p+1. The van der Waals surface area contributed by atoms with E-state index >= 15 is 0 Å². The molecule has 124 valence electrons. The van der Waals surface area contributed by atoms with Crippen LogP contribution >= 0.6 is 7.92 Å². The van der Waals surface area contributed by atoms with Gasteiger partial charge in [-0.2, -0.15) is 0 Å². The quantitative estimate of drug-likeness (QED) is 0.472. The maximum absolute atomic E-state index is 2.34. The summed E-state index contributed by atoms with van der Waals surface area (Å²) in [5, 5.41) is 4.57. The summed E-state index contributed by atoms with van der Waals surface area (Å²) in [6.07, 6.45) is 2.53. The summed E-state index contributed by atoms with van der Waals surface area (Å²) >= 11 is 0. The van der Waals surface area contributed by atoms with Crippen LogP contribution < -0.4 is 15.8 Å². The third-order valence-corrected chi connectivity index (χ3v) is 8.66. The van der Waals surface area contributed by atoms with E-state index in [0.717, 1.165) is 0 Å². The number of fused-ring (bicyclic) bond motifs is 1. The van der Waals surface area contributed by atoms with Crippen LogP contribution in [0, 0.1) is 0 Å². The molecule has 4 rings (SSSR count). The van der Waals surface area contributed by atoms with Crippen molar-refractivity contribution in [2.45, 2.75) is 18.5 Å². The Labute approximate surface area is 159 Å². The van der Waals surface area contributed by atoms with Crippen molar-refractivity contribution in [3.8, 4) is 0 Å². The van der Waals surface area contributed by atoms with Gasteiger partial charge >= 0.3 is 0 Å². The van der Waals surface area contributed by atoms with Crippen LogP contribution in [0.1, 0.15) is 23.2 Å². The Balaban J connectivity index is 0.00000169. The molecular weight excluding hydrogens is 375 g/mol. The smallest absolute Gasteiger partial charge is 0.0635 e. The van der Waals surface area contributed by atoms with E-state index in [9.17, 15) is 0 Å². The van der Waals surface area contributed by atoms with E-state index in [1.165, 1.54) is 28.6 Å². The first-order chi connectivity index (χ1) is 11.3. The van der Waals surface area contributed by atoms with E-state index in [2.05, 4.69) is 89.1 Å². The van der Waals surface area contributed by atoms with Crippen LogP contribution in [0.3, 0.4) is 0 Å². The van der Waals surface area contributed by atoms with E-state index in [-0.39, 0.29) is 17.1 Å². The maximum Gasteiger partial charge on any atom is 0.102 e. The minimum Gasteiger partial charge on any atom is -0.0635 e. The number of benzene rings is 3. The van der Waals surface area contributed by atoms with Crippen LogP contribution in [0.15, 0.2) is 78.9 Å². The zero-order chi connectivity index (χ0) is 15.6. The molecular formula is C21H21CuPSi+. The van der Waals surface area contributed by atoms with Crippen LogP contribution in [0.25, 0.3) is 0 Å². The van der Waals surface area contributed by atoms with Crippen molar-refractivity contribution >= 4 is 34.0 Å². The van der Waals surface area contributed by atoms with Gasteiger partial charge in [0, 0.05) is 27.3 Å². The van der Waals surface area contributed by atoms with Gasteiger partial charge in [0.2, 0.25) is 0 Å². The van der Waals surface area contributed by atoms with E-state index < -0.39 is 7.92 Å². The van der Waals surface area contributed by atoms with Gasteiger partial charge in [-0.15, -0.1) is 0 Å². The van der Waals surface area contributed by atoms with Crippen molar-refractivity contribution in [2.75, 3.05) is 0 Å². The molecule has 0 fully saturated rings. The fourth-order valence-corrected chi connectivity index (χ4v) is 8.02. The van der Waals surface area contributed by atoms with Gasteiger partial charge in [-0.3, -0.25) is 0 Å². The number of hydrogen-bond donors (Lipinski definition) is 0. The van der Waals surface area contributed by atoms with Crippen molar-refractivity contribution in [2.24, 2.45) is 0 Å². The van der Waals surface area contributed by atoms with Crippen LogP contribution in [0.2, 0.25) is 0 Å². The molecule has 0 amide bonds. The molecule has 0 spiro atoms. The fourth-order valence-electron chi connectivity index (χ4n) is 3.87. The number of rotatable bonds is 3. The summed E-state index contributed by atoms with van der Waals surface area (Å²) in [5.41, 5.74) is 3.91. The van der Waals surface area contributed by atoms with Crippen molar-refractivity contribution in [1.82, 2.24) is 0 Å². The van der Waals surface area contributed by atoms with Gasteiger partial charge in [-0.1, -0.05) is 59.8 Å². The molecule has 1 unspecified atom stereocenters. The summed E-state index contributed by atoms with van der Waals surface area (Å²) in [7, 11) is 1.25. The van der Waals surface area contributed by atoms with Gasteiger partial charge in [-0.25, -0.2) is 0 Å². The van der Waals surface area contributed by atoms with E-state index in [0.29, 0.717) is 5.66 Å². The van der Waals surface area contributed by atoms with Crippen molar-refractivity contribution < 1.29 is 17.1 Å². The van der Waals surface area contributed by atoms with Gasteiger partial charge in [0.1, 0.15) is 5.66 Å². The van der Waals surface area contributed by atoms with E-state index in [1.54, 1.807) is 11.1 Å². The molecule has 1 aliphatic rings. The predicted molar refractivity (Wildman–Crippen MR) is 106 cm³/mol. The zero-order valence-electron chi connectivity index (χ0n) is 13.5. The molecule has 3 aromatic carbocycles. The van der Waals surface area contributed by atoms with Crippen molar-refractivity contribution in [3.05, 3.63) is 90.0 Å². The molecule has 0 N–H and O–H groups in total. The average molecular weight is 396 g/mol. The molecule has 0 nitrogen and oxygen atoms in total. The van der Waals surface area contributed by atoms with E-state index in [4.69, 9.17) is 0 Å². The van der Waals surface area contributed by atoms with Crippen LogP contribution in [-0.2, 0) is 23.5 Å². The second-order valence-corrected chi connectivity index (χ2v) is 9.67. The summed E-state index contributed by atoms with van der Waals surface area (Å²) in [6.45, 7) is 0. The first-order valence-electron chi connectivity index (χ1n) is 8.26. The molecule has 1 atom stereocenters. The van der Waals surface area contributed by atoms with Crippen molar-refractivity contribution in [3.63, 3.8) is 0 Å². The molecule has 1 aliphatic carbocycles. The predicted octanol–water partition coefficient (Wildman–Crippen LogP) is 2.80. The zero-order valence-corrected chi connectivity index (χ0v) is 16.9. The maximum atomic E-state index is 2.34. The average Bonchev–Trinajstić information content (AvgIpc) is 3.02. The molecule has 3 heteroatoms. The molecule has 0 aliphatic heterocycles. The first-order valence-corrected chi connectivity index (χ1v) is 10.5. The second-order valence-electron chi connectivity index (χ2n) is 6.23. The van der Waals surface area contributed by atoms with Crippen molar-refractivity contribution in [1.29, 1.82) is 0 Å². The summed E-state index contributed by atoms with van der Waals surface area (Å²) < 4.78 is 0. The number of hydrogen-bond acceptors (Lipinski definition) is 0. The third kappa shape index (κ3) is 3.30. The molecule has 24 heavy (non-hydrogen) atoms. The second kappa shape index (κ2) is 7.81. The molecule has 2 radical (unpaired) electrons. The Morgan fingerprint density at radius 2 is 1.33 bits per heavy atom. The molecule has 0 bridgehead atoms. The van der Waals surface area contributed by atoms with Gasteiger partial charge < -0.3 is 0 Å². The van der Waals surface area contributed by atoms with Gasteiger partial charge in [0.15, 0.2) is 0 Å². The van der Waals surface area contributed by atoms with Gasteiger partial charge in [0.25, 0.3) is 0 Å². The largest absolute Gasteiger partial charge is 0.102 e. The minimum atomic E-state index is -0.807.